The van der Waals surface area contributed by atoms with E-state index in [0.29, 0.717) is 19.3 Å². The van der Waals surface area contributed by atoms with E-state index in [-0.39, 0.29) is 35.2 Å². The highest BCUT2D eigenvalue weighted by Crippen LogP contribution is 2.44. The van der Waals surface area contributed by atoms with E-state index >= 15 is 0 Å². The molecule has 3 N–H and O–H groups in total. The van der Waals surface area contributed by atoms with Crippen LogP contribution in [0.4, 0.5) is 0 Å². The number of carboxylic acids is 1. The van der Waals surface area contributed by atoms with E-state index in [1.54, 1.807) is 0 Å². The molecule has 5 heteroatoms. The molecule has 0 heterocycles. The fraction of sp³-hybridized carbons (Fsp3) is 0.762. The number of rotatable bonds is 10. The summed E-state index contributed by atoms with van der Waals surface area (Å²) in [6.07, 6.45) is 14.4. The van der Waals surface area contributed by atoms with E-state index in [2.05, 4.69) is 13.0 Å². The van der Waals surface area contributed by atoms with Crippen LogP contribution in [0.3, 0.4) is 0 Å². The highest BCUT2D eigenvalue weighted by atomic mass is 35.5. The molecule has 0 bridgehead atoms. The predicted octanol–water partition coefficient (Wildman–Crippen LogP) is 4.29. The number of halogens is 1. The molecule has 1 unspecified atom stereocenters. The third-order valence-electron chi connectivity index (χ3n) is 6.22. The molecule has 4 nitrogen and oxygen atoms in total. The van der Waals surface area contributed by atoms with Gasteiger partial charge in [-0.1, -0.05) is 37.6 Å². The lowest BCUT2D eigenvalue weighted by atomic mass is 9.66. The van der Waals surface area contributed by atoms with Gasteiger partial charge in [0.25, 0.3) is 0 Å². The van der Waals surface area contributed by atoms with Crippen LogP contribution in [-0.4, -0.2) is 38.9 Å². The number of hydrogen-bond acceptors (Lipinski definition) is 3. The number of allylic oxidation sites excluding steroid dienone is 2. The Morgan fingerprint density at radius 2 is 2.04 bits per heavy atom. The van der Waals surface area contributed by atoms with Crippen LogP contribution in [-0.2, 0) is 4.79 Å². The van der Waals surface area contributed by atoms with Gasteiger partial charge in [-0.05, 0) is 56.3 Å². The molecule has 0 amide bonds. The van der Waals surface area contributed by atoms with E-state index in [1.165, 1.54) is 6.42 Å². The van der Waals surface area contributed by atoms with Gasteiger partial charge in [-0.3, -0.25) is 4.79 Å². The minimum absolute atomic E-state index is 0.0163. The zero-order valence-corrected chi connectivity index (χ0v) is 16.4. The van der Waals surface area contributed by atoms with Gasteiger partial charge in [-0.15, -0.1) is 11.6 Å². The predicted molar refractivity (Wildman–Crippen MR) is 104 cm³/mol. The van der Waals surface area contributed by atoms with Crippen molar-refractivity contribution in [3.8, 4) is 0 Å². The molecule has 2 aliphatic rings. The molecule has 2 saturated carbocycles. The summed E-state index contributed by atoms with van der Waals surface area (Å²) in [5.74, 6) is -0.570. The van der Waals surface area contributed by atoms with Crippen molar-refractivity contribution >= 4 is 17.6 Å². The summed E-state index contributed by atoms with van der Waals surface area (Å²) in [6.45, 7) is 2.15. The van der Waals surface area contributed by atoms with Gasteiger partial charge in [0.2, 0.25) is 0 Å². The lowest BCUT2D eigenvalue weighted by Crippen LogP contribution is -2.38. The number of carboxylic acid groups (broad SMARTS) is 1. The zero-order chi connectivity index (χ0) is 19.2. The van der Waals surface area contributed by atoms with E-state index < -0.39 is 12.1 Å². The van der Waals surface area contributed by atoms with Crippen molar-refractivity contribution in [2.75, 3.05) is 0 Å². The number of carbonyl (C=O) groups is 1. The molecule has 0 aromatic heterocycles. The van der Waals surface area contributed by atoms with Crippen molar-refractivity contribution in [2.24, 2.45) is 17.3 Å². The Morgan fingerprint density at radius 1 is 1.31 bits per heavy atom. The second kappa shape index (κ2) is 9.91. The Bertz CT molecular complexity index is 512. The first-order chi connectivity index (χ1) is 12.3. The van der Waals surface area contributed by atoms with E-state index in [1.807, 2.05) is 18.2 Å². The largest absolute Gasteiger partial charge is 0.481 e. The Morgan fingerprint density at radius 3 is 2.65 bits per heavy atom. The maximum Gasteiger partial charge on any atom is 0.303 e. The van der Waals surface area contributed by atoms with Crippen LogP contribution in [0.1, 0.15) is 64.7 Å². The van der Waals surface area contributed by atoms with Gasteiger partial charge in [0.1, 0.15) is 0 Å². The second-order valence-electron chi connectivity index (χ2n) is 8.24. The van der Waals surface area contributed by atoms with Crippen molar-refractivity contribution in [1.82, 2.24) is 0 Å². The molecule has 5 atom stereocenters. The molecule has 0 saturated heterocycles. The van der Waals surface area contributed by atoms with Crippen LogP contribution in [0.15, 0.2) is 24.3 Å². The molecule has 26 heavy (non-hydrogen) atoms. The van der Waals surface area contributed by atoms with Crippen molar-refractivity contribution in [2.45, 2.75) is 82.3 Å². The van der Waals surface area contributed by atoms with Gasteiger partial charge in [-0.2, -0.15) is 0 Å². The minimum Gasteiger partial charge on any atom is -0.481 e. The normalized spacial score (nSPS) is 32.2. The van der Waals surface area contributed by atoms with Crippen LogP contribution < -0.4 is 0 Å². The highest BCUT2D eigenvalue weighted by Gasteiger charge is 2.40. The fourth-order valence-corrected chi connectivity index (χ4v) is 4.58. The smallest absolute Gasteiger partial charge is 0.303 e. The Hall–Kier alpha value is -0.840. The summed E-state index contributed by atoms with van der Waals surface area (Å²) >= 11 is 6.44. The van der Waals surface area contributed by atoms with Crippen molar-refractivity contribution in [1.29, 1.82) is 0 Å². The van der Waals surface area contributed by atoms with Gasteiger partial charge in [0.15, 0.2) is 0 Å². The highest BCUT2D eigenvalue weighted by molar-refractivity contribution is 6.21. The van der Waals surface area contributed by atoms with Crippen LogP contribution >= 0.6 is 11.6 Å². The van der Waals surface area contributed by atoms with Gasteiger partial charge in [0, 0.05) is 17.7 Å². The number of aliphatic hydroxyl groups excluding tert-OH is 2. The summed E-state index contributed by atoms with van der Waals surface area (Å²) in [5.41, 5.74) is 0.0613. The molecule has 0 radical (unpaired) electrons. The SMILES string of the molecule is CC1(C(O)CC=C[C@@H]2[C@@H](CC=CCCCC(=O)O)[C@@H](Cl)C[C@H]2O)CCC1. The van der Waals surface area contributed by atoms with Crippen LogP contribution in [0.5, 0.6) is 0 Å². The molecule has 2 aliphatic carbocycles. The van der Waals surface area contributed by atoms with E-state index in [0.717, 1.165) is 25.7 Å². The third kappa shape index (κ3) is 5.83. The van der Waals surface area contributed by atoms with Crippen LogP contribution in [0, 0.1) is 17.3 Å². The van der Waals surface area contributed by atoms with Gasteiger partial charge in [-0.25, -0.2) is 0 Å². The number of unbranched alkanes of at least 4 members (excludes halogenated alkanes) is 1. The quantitative estimate of drug-likeness (QED) is 0.298. The molecule has 2 rings (SSSR count). The fourth-order valence-electron chi connectivity index (χ4n) is 4.12. The Labute approximate surface area is 161 Å². The van der Waals surface area contributed by atoms with Crippen LogP contribution in [0.25, 0.3) is 0 Å². The Kier molecular flexibility index (Phi) is 8.18. The Balaban J connectivity index is 1.81. The topological polar surface area (TPSA) is 77.8 Å². The maximum atomic E-state index is 10.5. The average Bonchev–Trinajstić information content (AvgIpc) is 2.81. The molecule has 148 valence electrons. The minimum atomic E-state index is -0.763. The molecular weight excluding hydrogens is 352 g/mol. The van der Waals surface area contributed by atoms with E-state index in [9.17, 15) is 15.0 Å². The van der Waals surface area contributed by atoms with E-state index in [4.69, 9.17) is 16.7 Å². The molecule has 2 fully saturated rings. The van der Waals surface area contributed by atoms with Gasteiger partial charge >= 0.3 is 5.97 Å². The summed E-state index contributed by atoms with van der Waals surface area (Å²) < 4.78 is 0. The first-order valence-corrected chi connectivity index (χ1v) is 10.3. The summed E-state index contributed by atoms with van der Waals surface area (Å²) in [4.78, 5) is 10.5. The standard InChI is InChI=1S/C21H33ClO4/c1-21(12-7-13-21)19(24)10-6-9-16-15(17(22)14-18(16)23)8-4-2-3-5-11-20(25)26/h2,4,6,9,15-19,23-24H,3,5,7-8,10-14H2,1H3,(H,25,26)/t15-,16-,17+,18-,19?/m1/s1. The maximum absolute atomic E-state index is 10.5. The van der Waals surface area contributed by atoms with Crippen LogP contribution in [0.2, 0.25) is 0 Å². The molecule has 0 aromatic rings. The molecular formula is C21H33ClO4. The lowest BCUT2D eigenvalue weighted by Gasteiger charge is -2.42. The second-order valence-corrected chi connectivity index (χ2v) is 8.80. The third-order valence-corrected chi connectivity index (χ3v) is 6.73. The monoisotopic (exact) mass is 384 g/mol. The first kappa shape index (κ1) is 21.5. The summed E-state index contributed by atoms with van der Waals surface area (Å²) in [6, 6.07) is 0. The summed E-state index contributed by atoms with van der Waals surface area (Å²) in [7, 11) is 0. The average molecular weight is 385 g/mol. The number of hydrogen-bond donors (Lipinski definition) is 3. The number of alkyl halides is 1. The first-order valence-electron chi connectivity index (χ1n) is 9.87. The molecule has 0 aromatic carbocycles. The summed E-state index contributed by atoms with van der Waals surface area (Å²) in [5, 5.41) is 29.3. The van der Waals surface area contributed by atoms with Crippen molar-refractivity contribution in [3.63, 3.8) is 0 Å². The molecule has 0 aliphatic heterocycles. The van der Waals surface area contributed by atoms with Crippen molar-refractivity contribution in [3.05, 3.63) is 24.3 Å². The number of aliphatic hydroxyl groups is 2. The lowest BCUT2D eigenvalue weighted by molar-refractivity contribution is -0.137. The van der Waals surface area contributed by atoms with Crippen molar-refractivity contribution < 1.29 is 20.1 Å². The van der Waals surface area contributed by atoms with Gasteiger partial charge < -0.3 is 15.3 Å². The molecule has 0 spiro atoms. The zero-order valence-electron chi connectivity index (χ0n) is 15.7. The number of aliphatic carboxylic acids is 1. The van der Waals surface area contributed by atoms with Gasteiger partial charge in [0.05, 0.1) is 12.2 Å².